The Morgan fingerprint density at radius 3 is 2.08 bits per heavy atom. The first-order valence-electron chi connectivity index (χ1n) is 13.3. The van der Waals surface area contributed by atoms with Gasteiger partial charge in [-0.25, -0.2) is 4.79 Å². The number of likely N-dealkylation sites (tertiary alicyclic amines) is 1. The van der Waals surface area contributed by atoms with Gasteiger partial charge in [-0.3, -0.25) is 9.78 Å². The van der Waals surface area contributed by atoms with Gasteiger partial charge in [0.15, 0.2) is 0 Å². The van der Waals surface area contributed by atoms with E-state index in [1.807, 2.05) is 60.9 Å². The molecular formula is C32H40N2O3. The monoisotopic (exact) mass is 500 g/mol. The molecule has 5 nitrogen and oxygen atoms in total. The van der Waals surface area contributed by atoms with E-state index in [0.717, 1.165) is 24.3 Å². The van der Waals surface area contributed by atoms with Gasteiger partial charge in [0.25, 0.3) is 0 Å². The van der Waals surface area contributed by atoms with Gasteiger partial charge >= 0.3 is 6.09 Å². The number of carbonyl (C=O) groups excluding carboxylic acids is 2. The van der Waals surface area contributed by atoms with E-state index < -0.39 is 0 Å². The summed E-state index contributed by atoms with van der Waals surface area (Å²) in [4.78, 5) is 30.0. The minimum absolute atomic E-state index is 0.177. The van der Waals surface area contributed by atoms with Crippen molar-refractivity contribution < 1.29 is 14.3 Å². The van der Waals surface area contributed by atoms with Gasteiger partial charge in [0.05, 0.1) is 0 Å². The van der Waals surface area contributed by atoms with Crippen LogP contribution in [0.3, 0.4) is 0 Å². The number of benzene rings is 2. The van der Waals surface area contributed by atoms with Crippen LogP contribution in [0, 0.1) is 5.92 Å². The largest absolute Gasteiger partial charge is 0.445 e. The Morgan fingerprint density at radius 1 is 0.919 bits per heavy atom. The summed E-state index contributed by atoms with van der Waals surface area (Å²) in [5.74, 6) is 0.978. The average molecular weight is 501 g/mol. The highest BCUT2D eigenvalue weighted by atomic mass is 16.6. The molecule has 0 saturated carbocycles. The molecule has 0 spiro atoms. The Kier molecular flexibility index (Phi) is 10.9. The van der Waals surface area contributed by atoms with Gasteiger partial charge in [-0.15, -0.1) is 0 Å². The Hall–Kier alpha value is -3.47. The second kappa shape index (κ2) is 14.3. The molecule has 2 heterocycles. The summed E-state index contributed by atoms with van der Waals surface area (Å²) in [6.45, 7) is 7.65. The number of nitrogens with zero attached hydrogens (tertiary/aromatic N) is 2. The normalized spacial score (nSPS) is 15.2. The molecule has 1 aliphatic heterocycles. The first kappa shape index (κ1) is 28.1. The first-order valence-corrected chi connectivity index (χ1v) is 13.3. The highest BCUT2D eigenvalue weighted by molar-refractivity contribution is 5.77. The quantitative estimate of drug-likeness (QED) is 0.334. The van der Waals surface area contributed by atoms with Crippen LogP contribution in [0.25, 0.3) is 0 Å². The highest BCUT2D eigenvalue weighted by Gasteiger charge is 2.38. The van der Waals surface area contributed by atoms with Crippen LogP contribution >= 0.6 is 0 Å². The van der Waals surface area contributed by atoms with Crippen molar-refractivity contribution in [1.29, 1.82) is 0 Å². The summed E-state index contributed by atoms with van der Waals surface area (Å²) in [5.41, 5.74) is 3.39. The fourth-order valence-electron chi connectivity index (χ4n) is 4.83. The molecule has 0 unspecified atom stereocenters. The van der Waals surface area contributed by atoms with E-state index in [1.165, 1.54) is 24.0 Å². The van der Waals surface area contributed by atoms with E-state index >= 15 is 0 Å². The zero-order valence-electron chi connectivity index (χ0n) is 22.4. The van der Waals surface area contributed by atoms with Crippen molar-refractivity contribution in [3.8, 4) is 0 Å². The molecule has 1 saturated heterocycles. The Balaban J connectivity index is 0.000000289. The van der Waals surface area contributed by atoms with Crippen LogP contribution in [0.5, 0.6) is 0 Å². The van der Waals surface area contributed by atoms with Crippen LogP contribution < -0.4 is 0 Å². The van der Waals surface area contributed by atoms with Crippen molar-refractivity contribution in [3.63, 3.8) is 0 Å². The fourth-order valence-corrected chi connectivity index (χ4v) is 4.83. The summed E-state index contributed by atoms with van der Waals surface area (Å²) in [5, 5.41) is 0. The molecule has 5 heteroatoms. The van der Waals surface area contributed by atoms with Crippen LogP contribution in [-0.2, 0) is 28.0 Å². The number of hydrogen-bond acceptors (Lipinski definition) is 4. The fraction of sp³-hybridized carbons (Fsp3) is 0.406. The molecule has 37 heavy (non-hydrogen) atoms. The summed E-state index contributed by atoms with van der Waals surface area (Å²) in [6, 6.07) is 24.1. The Labute approximate surface area is 221 Å². The van der Waals surface area contributed by atoms with Gasteiger partial charge in [0.1, 0.15) is 12.4 Å². The van der Waals surface area contributed by atoms with Crippen LogP contribution in [0.4, 0.5) is 4.79 Å². The average Bonchev–Trinajstić information content (AvgIpc) is 2.93. The van der Waals surface area contributed by atoms with Crippen molar-refractivity contribution in [3.05, 3.63) is 102 Å². The van der Waals surface area contributed by atoms with Gasteiger partial charge < -0.3 is 9.64 Å². The van der Waals surface area contributed by atoms with E-state index in [1.54, 1.807) is 11.8 Å². The molecule has 2 aromatic carbocycles. The maximum Gasteiger partial charge on any atom is 0.410 e. The molecule has 1 fully saturated rings. The Morgan fingerprint density at radius 2 is 1.51 bits per heavy atom. The SMILES string of the molecule is CC(=O)CC1(c2ccccc2)CCN(C(=O)OCc2ccccc2)CC1.CC[C@@H](C)Cc1ccncc1. The molecule has 0 aliphatic carbocycles. The van der Waals surface area contributed by atoms with Crippen molar-refractivity contribution >= 4 is 11.9 Å². The Bertz CT molecular complexity index is 1080. The summed E-state index contributed by atoms with van der Waals surface area (Å²) in [6.07, 6.45) is 7.94. The number of piperidine rings is 1. The third-order valence-electron chi connectivity index (χ3n) is 7.19. The molecule has 196 valence electrons. The van der Waals surface area contributed by atoms with E-state index in [2.05, 4.69) is 43.1 Å². The smallest absolute Gasteiger partial charge is 0.410 e. The lowest BCUT2D eigenvalue weighted by Crippen LogP contribution is -2.46. The topological polar surface area (TPSA) is 59.5 Å². The number of Topliss-reactive ketones (excluding diaryl/α,β-unsaturated/α-hetero) is 1. The van der Waals surface area contributed by atoms with Crippen molar-refractivity contribution in [1.82, 2.24) is 9.88 Å². The lowest BCUT2D eigenvalue weighted by molar-refractivity contribution is -0.118. The number of pyridine rings is 1. The lowest BCUT2D eigenvalue weighted by Gasteiger charge is -2.41. The highest BCUT2D eigenvalue weighted by Crippen LogP contribution is 2.39. The minimum Gasteiger partial charge on any atom is -0.445 e. The summed E-state index contributed by atoms with van der Waals surface area (Å²) < 4.78 is 5.44. The molecule has 1 atom stereocenters. The van der Waals surface area contributed by atoms with E-state index in [0.29, 0.717) is 19.5 Å². The van der Waals surface area contributed by atoms with Gasteiger partial charge in [-0.05, 0) is 60.9 Å². The number of ether oxygens (including phenoxy) is 1. The van der Waals surface area contributed by atoms with E-state index in [-0.39, 0.29) is 23.9 Å². The second-order valence-electron chi connectivity index (χ2n) is 10.1. The predicted octanol–water partition coefficient (Wildman–Crippen LogP) is 7.01. The van der Waals surface area contributed by atoms with Crippen LogP contribution in [0.15, 0.2) is 85.2 Å². The van der Waals surface area contributed by atoms with Gasteiger partial charge in [0.2, 0.25) is 0 Å². The molecular weight excluding hydrogens is 460 g/mol. The predicted molar refractivity (Wildman–Crippen MR) is 148 cm³/mol. The van der Waals surface area contributed by atoms with Gasteiger partial charge in [-0.2, -0.15) is 0 Å². The molecule has 1 amide bonds. The molecule has 3 aromatic rings. The standard InChI is InChI=1S/C22H25NO3.C10H15N/c1-18(24)16-22(20-10-6-3-7-11-20)12-14-23(15-13-22)21(25)26-17-19-8-4-2-5-9-19;1-3-9(2)8-10-4-6-11-7-5-10/h2-11H,12-17H2,1H3;4-7,9H,3,8H2,1-2H3/t;9-/m.1/s1. The van der Waals surface area contributed by atoms with Crippen molar-refractivity contribution in [2.24, 2.45) is 5.92 Å². The number of carbonyl (C=O) groups is 2. The summed E-state index contributed by atoms with van der Waals surface area (Å²) >= 11 is 0. The first-order chi connectivity index (χ1) is 17.9. The zero-order valence-corrected chi connectivity index (χ0v) is 22.4. The molecule has 0 radical (unpaired) electrons. The second-order valence-corrected chi connectivity index (χ2v) is 10.1. The van der Waals surface area contributed by atoms with Gasteiger partial charge in [0, 0.05) is 37.3 Å². The van der Waals surface area contributed by atoms with Crippen LogP contribution in [0.1, 0.15) is 63.1 Å². The number of hydrogen-bond donors (Lipinski definition) is 0. The van der Waals surface area contributed by atoms with Crippen LogP contribution in [-0.4, -0.2) is 34.8 Å². The third kappa shape index (κ3) is 8.85. The number of amides is 1. The number of aromatic nitrogens is 1. The summed E-state index contributed by atoms with van der Waals surface area (Å²) in [7, 11) is 0. The molecule has 1 aromatic heterocycles. The molecule has 0 bridgehead atoms. The maximum absolute atomic E-state index is 12.4. The maximum atomic E-state index is 12.4. The molecule has 4 rings (SSSR count). The molecule has 1 aliphatic rings. The molecule has 0 N–H and O–H groups in total. The van der Waals surface area contributed by atoms with E-state index in [9.17, 15) is 9.59 Å². The van der Waals surface area contributed by atoms with E-state index in [4.69, 9.17) is 4.74 Å². The van der Waals surface area contributed by atoms with Crippen LogP contribution in [0.2, 0.25) is 0 Å². The van der Waals surface area contributed by atoms with Crippen molar-refractivity contribution in [2.75, 3.05) is 13.1 Å². The van der Waals surface area contributed by atoms with Crippen molar-refractivity contribution in [2.45, 2.75) is 64.9 Å². The third-order valence-corrected chi connectivity index (χ3v) is 7.19. The minimum atomic E-state index is -0.279. The zero-order chi connectivity index (χ0) is 26.5. The number of ketones is 1. The lowest BCUT2D eigenvalue weighted by atomic mass is 9.70. The number of rotatable bonds is 8. The van der Waals surface area contributed by atoms with Gasteiger partial charge in [-0.1, -0.05) is 80.9 Å².